The van der Waals surface area contributed by atoms with E-state index in [2.05, 4.69) is 25.8 Å². The van der Waals surface area contributed by atoms with Gasteiger partial charge in [-0.05, 0) is 61.5 Å². The van der Waals surface area contributed by atoms with E-state index in [4.69, 9.17) is 17.0 Å². The first-order valence-corrected chi connectivity index (χ1v) is 11.9. The molecule has 7 heteroatoms. The van der Waals surface area contributed by atoms with E-state index >= 15 is 0 Å². The maximum atomic E-state index is 12.5. The minimum absolute atomic E-state index is 0.0452. The van der Waals surface area contributed by atoms with Crippen LogP contribution in [0.3, 0.4) is 0 Å². The molecule has 170 valence electrons. The zero-order chi connectivity index (χ0) is 22.8. The molecule has 1 saturated heterocycles. The molecule has 1 aliphatic carbocycles. The second kappa shape index (κ2) is 9.35. The fraction of sp³-hybridized carbons (Fsp3) is 0.346. The lowest BCUT2D eigenvalue weighted by Crippen LogP contribution is -2.40. The molecule has 2 aliphatic rings. The van der Waals surface area contributed by atoms with Gasteiger partial charge in [-0.1, -0.05) is 37.5 Å². The van der Waals surface area contributed by atoms with E-state index in [1.807, 2.05) is 54.9 Å². The summed E-state index contributed by atoms with van der Waals surface area (Å²) in [5.74, 6) is -0.351. The number of methoxy groups -OCH3 is 1. The minimum Gasteiger partial charge on any atom is -0.465 e. The standard InChI is InChI=1S/C26H28N4O2S/c1-32-25(31)19-12-5-6-14-21(19)29-17-9-15-22(29)24-23(20-13-7-8-16-27-20)28-26(33)30(24)18-10-3-2-4-11-18/h5-9,12-18,23-24H,2-4,10-11H2,1H3,(H,28,33)/t23-,24+/m1/s1. The van der Waals surface area contributed by atoms with E-state index in [0.717, 1.165) is 35.0 Å². The van der Waals surface area contributed by atoms with Crippen LogP contribution in [0.1, 0.15) is 65.9 Å². The van der Waals surface area contributed by atoms with Crippen LogP contribution < -0.4 is 5.32 Å². The number of esters is 1. The predicted octanol–water partition coefficient (Wildman–Crippen LogP) is 4.96. The van der Waals surface area contributed by atoms with Gasteiger partial charge in [-0.25, -0.2) is 4.79 Å². The summed E-state index contributed by atoms with van der Waals surface area (Å²) < 4.78 is 7.15. The number of ether oxygens (including phenoxy) is 1. The molecule has 0 bridgehead atoms. The molecule has 0 unspecified atom stereocenters. The molecule has 2 aromatic heterocycles. The van der Waals surface area contributed by atoms with Crippen molar-refractivity contribution in [2.45, 2.75) is 50.2 Å². The van der Waals surface area contributed by atoms with E-state index in [-0.39, 0.29) is 18.1 Å². The van der Waals surface area contributed by atoms with Crippen molar-refractivity contribution in [3.8, 4) is 5.69 Å². The molecule has 1 aromatic carbocycles. The highest BCUT2D eigenvalue weighted by molar-refractivity contribution is 7.80. The number of nitrogens with one attached hydrogen (secondary N) is 1. The van der Waals surface area contributed by atoms with E-state index in [9.17, 15) is 4.79 Å². The average molecular weight is 461 g/mol. The molecule has 0 radical (unpaired) electrons. The fourth-order valence-electron chi connectivity index (χ4n) is 5.26. The summed E-state index contributed by atoms with van der Waals surface area (Å²) in [6.45, 7) is 0. The number of benzene rings is 1. The summed E-state index contributed by atoms with van der Waals surface area (Å²) in [5.41, 5.74) is 3.35. The Bertz CT molecular complexity index is 1140. The molecule has 3 heterocycles. The number of rotatable bonds is 5. The number of aromatic nitrogens is 2. The fourth-order valence-corrected chi connectivity index (χ4v) is 5.64. The van der Waals surface area contributed by atoms with Gasteiger partial charge in [0.15, 0.2) is 5.11 Å². The molecule has 1 aliphatic heterocycles. The van der Waals surface area contributed by atoms with Crippen LogP contribution >= 0.6 is 12.2 Å². The number of nitrogens with zero attached hydrogens (tertiary/aromatic N) is 3. The maximum Gasteiger partial charge on any atom is 0.339 e. The first-order chi connectivity index (χ1) is 16.2. The largest absolute Gasteiger partial charge is 0.465 e. The van der Waals surface area contributed by atoms with Gasteiger partial charge in [-0.15, -0.1) is 0 Å². The van der Waals surface area contributed by atoms with Crippen LogP contribution in [0.25, 0.3) is 5.69 Å². The van der Waals surface area contributed by atoms with Gasteiger partial charge in [0.1, 0.15) is 0 Å². The highest BCUT2D eigenvalue weighted by atomic mass is 32.1. The Morgan fingerprint density at radius 1 is 1.06 bits per heavy atom. The minimum atomic E-state index is -0.351. The van der Waals surface area contributed by atoms with Crippen molar-refractivity contribution >= 4 is 23.3 Å². The number of hydrogen-bond acceptors (Lipinski definition) is 4. The summed E-state index contributed by atoms with van der Waals surface area (Å²) in [5, 5.41) is 4.35. The van der Waals surface area contributed by atoms with Gasteiger partial charge in [0.2, 0.25) is 0 Å². The number of thiocarbonyl (C=S) groups is 1. The second-order valence-electron chi connectivity index (χ2n) is 8.64. The number of para-hydroxylation sites is 1. The Morgan fingerprint density at radius 3 is 2.61 bits per heavy atom. The number of carbonyl (C=O) groups excluding carboxylic acids is 1. The predicted molar refractivity (Wildman–Crippen MR) is 131 cm³/mol. The highest BCUT2D eigenvalue weighted by Crippen LogP contribution is 2.43. The van der Waals surface area contributed by atoms with Crippen molar-refractivity contribution in [1.29, 1.82) is 0 Å². The van der Waals surface area contributed by atoms with E-state index < -0.39 is 0 Å². The number of carbonyl (C=O) groups is 1. The van der Waals surface area contributed by atoms with Crippen LogP contribution in [0.15, 0.2) is 67.0 Å². The Labute approximate surface area is 199 Å². The van der Waals surface area contributed by atoms with Gasteiger partial charge < -0.3 is 19.5 Å². The summed E-state index contributed by atoms with van der Waals surface area (Å²) in [6, 6.07) is 18.0. The Morgan fingerprint density at radius 2 is 1.85 bits per heavy atom. The quantitative estimate of drug-likeness (QED) is 0.429. The molecular formula is C26H28N4O2S. The lowest BCUT2D eigenvalue weighted by atomic mass is 9.91. The molecular weight excluding hydrogens is 432 g/mol. The molecule has 1 saturated carbocycles. The lowest BCUT2D eigenvalue weighted by Gasteiger charge is -2.37. The highest BCUT2D eigenvalue weighted by Gasteiger charge is 2.44. The second-order valence-corrected chi connectivity index (χ2v) is 9.02. The van der Waals surface area contributed by atoms with E-state index in [0.29, 0.717) is 11.6 Å². The molecule has 33 heavy (non-hydrogen) atoms. The van der Waals surface area contributed by atoms with Crippen LogP contribution in [-0.4, -0.2) is 38.7 Å². The molecule has 0 amide bonds. The number of hydrogen-bond donors (Lipinski definition) is 1. The van der Waals surface area contributed by atoms with Gasteiger partial charge in [0.25, 0.3) is 0 Å². The first kappa shape index (κ1) is 21.6. The van der Waals surface area contributed by atoms with Gasteiger partial charge in [0.05, 0.1) is 36.1 Å². The van der Waals surface area contributed by atoms with Crippen LogP contribution in [-0.2, 0) is 4.74 Å². The van der Waals surface area contributed by atoms with Crippen LogP contribution in [0.4, 0.5) is 0 Å². The molecule has 2 atom stereocenters. The average Bonchev–Trinajstić information content (AvgIpc) is 3.48. The normalized spacial score (nSPS) is 21.1. The topological polar surface area (TPSA) is 59.4 Å². The van der Waals surface area contributed by atoms with Gasteiger partial charge in [-0.3, -0.25) is 4.98 Å². The molecule has 5 rings (SSSR count). The van der Waals surface area contributed by atoms with Crippen molar-refractivity contribution in [3.63, 3.8) is 0 Å². The van der Waals surface area contributed by atoms with Crippen molar-refractivity contribution in [1.82, 2.24) is 19.8 Å². The molecule has 2 fully saturated rings. The third-order valence-electron chi connectivity index (χ3n) is 6.76. The Balaban J connectivity index is 1.63. The SMILES string of the molecule is COC(=O)c1ccccc1-n1cccc1[C@H]1[C@@H](c2ccccn2)NC(=S)N1C1CCCCC1. The maximum absolute atomic E-state index is 12.5. The Hall–Kier alpha value is -3.19. The molecule has 6 nitrogen and oxygen atoms in total. The van der Waals surface area contributed by atoms with Crippen LogP contribution in [0, 0.1) is 0 Å². The van der Waals surface area contributed by atoms with Crippen molar-refractivity contribution in [2.75, 3.05) is 7.11 Å². The van der Waals surface area contributed by atoms with Gasteiger partial charge in [0, 0.05) is 24.1 Å². The summed E-state index contributed by atoms with van der Waals surface area (Å²) in [4.78, 5) is 19.6. The molecule has 3 aromatic rings. The zero-order valence-electron chi connectivity index (χ0n) is 18.7. The smallest absolute Gasteiger partial charge is 0.339 e. The molecule has 0 spiro atoms. The van der Waals surface area contributed by atoms with Crippen molar-refractivity contribution in [2.24, 2.45) is 0 Å². The van der Waals surface area contributed by atoms with Crippen LogP contribution in [0.5, 0.6) is 0 Å². The third kappa shape index (κ3) is 4.02. The monoisotopic (exact) mass is 460 g/mol. The van der Waals surface area contributed by atoms with Crippen LogP contribution in [0.2, 0.25) is 0 Å². The molecule has 1 N–H and O–H groups in total. The summed E-state index contributed by atoms with van der Waals surface area (Å²) in [7, 11) is 1.41. The van der Waals surface area contributed by atoms with Gasteiger partial charge >= 0.3 is 5.97 Å². The summed E-state index contributed by atoms with van der Waals surface area (Å²) >= 11 is 5.90. The van der Waals surface area contributed by atoms with E-state index in [1.54, 1.807) is 6.07 Å². The van der Waals surface area contributed by atoms with Crippen molar-refractivity contribution < 1.29 is 9.53 Å². The summed E-state index contributed by atoms with van der Waals surface area (Å²) in [6.07, 6.45) is 9.81. The third-order valence-corrected chi connectivity index (χ3v) is 7.08. The van der Waals surface area contributed by atoms with E-state index in [1.165, 1.54) is 26.4 Å². The first-order valence-electron chi connectivity index (χ1n) is 11.5. The Kier molecular flexibility index (Phi) is 6.13. The lowest BCUT2D eigenvalue weighted by molar-refractivity contribution is 0.0600. The number of pyridine rings is 1. The zero-order valence-corrected chi connectivity index (χ0v) is 19.5. The van der Waals surface area contributed by atoms with Crippen molar-refractivity contribution in [3.05, 3.63) is 83.9 Å². The van der Waals surface area contributed by atoms with Gasteiger partial charge in [-0.2, -0.15) is 0 Å².